The monoisotopic (exact) mass is 368 g/mol. The standard InChI is InChI=1S/C21H18F2N2O2/c1-12-7-18(22)20(19(23)8-12)17-11-25-21(27)16(17)10-15(26)9-13-3-5-14(24-2)6-4-13/h3-8,16-17H,9-11H2,1H3,(H,25,27)/t16-,17+/m0/s1. The molecular weight excluding hydrogens is 350 g/mol. The number of rotatable bonds is 5. The van der Waals surface area contributed by atoms with E-state index in [0.29, 0.717) is 11.3 Å². The van der Waals surface area contributed by atoms with Gasteiger partial charge < -0.3 is 5.32 Å². The molecule has 1 saturated heterocycles. The van der Waals surface area contributed by atoms with Crippen LogP contribution in [-0.2, 0) is 16.0 Å². The van der Waals surface area contributed by atoms with Gasteiger partial charge in [0.15, 0.2) is 5.69 Å². The van der Waals surface area contributed by atoms with E-state index in [9.17, 15) is 18.4 Å². The molecule has 1 amide bonds. The quantitative estimate of drug-likeness (QED) is 0.815. The molecule has 2 atom stereocenters. The zero-order valence-electron chi connectivity index (χ0n) is 14.8. The van der Waals surface area contributed by atoms with Gasteiger partial charge in [0.05, 0.1) is 12.5 Å². The summed E-state index contributed by atoms with van der Waals surface area (Å²) in [5.41, 5.74) is 1.53. The van der Waals surface area contributed by atoms with E-state index in [-0.39, 0.29) is 36.6 Å². The Bertz CT molecular complexity index is 909. The molecule has 2 aromatic rings. The fraction of sp³-hybridized carbons (Fsp3) is 0.286. The van der Waals surface area contributed by atoms with Crippen molar-refractivity contribution in [3.8, 4) is 0 Å². The number of ketones is 1. The van der Waals surface area contributed by atoms with E-state index in [0.717, 1.165) is 5.56 Å². The van der Waals surface area contributed by atoms with Gasteiger partial charge in [-0.15, -0.1) is 0 Å². The maximum Gasteiger partial charge on any atom is 0.224 e. The summed E-state index contributed by atoms with van der Waals surface area (Å²) >= 11 is 0. The van der Waals surface area contributed by atoms with Gasteiger partial charge in [-0.25, -0.2) is 13.6 Å². The van der Waals surface area contributed by atoms with E-state index in [2.05, 4.69) is 10.2 Å². The molecule has 0 aliphatic carbocycles. The van der Waals surface area contributed by atoms with Crippen LogP contribution in [-0.4, -0.2) is 18.2 Å². The molecule has 1 aliphatic rings. The molecule has 2 aromatic carbocycles. The highest BCUT2D eigenvalue weighted by atomic mass is 19.1. The number of amides is 1. The molecule has 0 aromatic heterocycles. The van der Waals surface area contributed by atoms with E-state index in [1.54, 1.807) is 31.2 Å². The average Bonchev–Trinajstić information content (AvgIpc) is 2.95. The van der Waals surface area contributed by atoms with Crippen molar-refractivity contribution in [3.63, 3.8) is 0 Å². The third kappa shape index (κ3) is 4.03. The van der Waals surface area contributed by atoms with Crippen LogP contribution in [0, 0.1) is 31.0 Å². The number of nitrogens with zero attached hydrogens (tertiary/aromatic N) is 1. The first kappa shape index (κ1) is 18.7. The van der Waals surface area contributed by atoms with E-state index < -0.39 is 23.5 Å². The molecule has 3 rings (SSSR count). The summed E-state index contributed by atoms with van der Waals surface area (Å²) in [5, 5.41) is 2.61. The normalized spacial score (nSPS) is 18.8. The van der Waals surface area contributed by atoms with Gasteiger partial charge in [0.2, 0.25) is 5.91 Å². The molecule has 0 unspecified atom stereocenters. The number of benzene rings is 2. The predicted octanol–water partition coefficient (Wildman–Crippen LogP) is 3.86. The van der Waals surface area contributed by atoms with Gasteiger partial charge in [0.25, 0.3) is 0 Å². The molecule has 4 nitrogen and oxygen atoms in total. The van der Waals surface area contributed by atoms with E-state index in [4.69, 9.17) is 6.57 Å². The fourth-order valence-electron chi connectivity index (χ4n) is 3.50. The maximum atomic E-state index is 14.3. The smallest absolute Gasteiger partial charge is 0.224 e. The van der Waals surface area contributed by atoms with Crippen LogP contribution in [0.25, 0.3) is 4.85 Å². The Labute approximate surface area is 156 Å². The Morgan fingerprint density at radius 1 is 1.22 bits per heavy atom. The first-order valence-electron chi connectivity index (χ1n) is 8.60. The molecule has 0 bridgehead atoms. The summed E-state index contributed by atoms with van der Waals surface area (Å²) in [7, 11) is 0. The number of nitrogens with one attached hydrogen (secondary N) is 1. The van der Waals surface area contributed by atoms with Gasteiger partial charge in [0, 0.05) is 30.9 Å². The highest BCUT2D eigenvalue weighted by molar-refractivity contribution is 5.90. The zero-order chi connectivity index (χ0) is 19.6. The molecule has 0 radical (unpaired) electrons. The second-order valence-electron chi connectivity index (χ2n) is 6.80. The van der Waals surface area contributed by atoms with Crippen LogP contribution in [0.1, 0.15) is 29.0 Å². The van der Waals surface area contributed by atoms with Crippen molar-refractivity contribution >= 4 is 17.4 Å². The Kier molecular flexibility index (Phi) is 5.31. The summed E-state index contributed by atoms with van der Waals surface area (Å²) in [6, 6.07) is 9.10. The van der Waals surface area contributed by atoms with Gasteiger partial charge in [0.1, 0.15) is 17.4 Å². The van der Waals surface area contributed by atoms with Crippen LogP contribution in [0.2, 0.25) is 0 Å². The summed E-state index contributed by atoms with van der Waals surface area (Å²) in [4.78, 5) is 27.9. The van der Waals surface area contributed by atoms with E-state index >= 15 is 0 Å². The lowest BCUT2D eigenvalue weighted by Crippen LogP contribution is -2.23. The van der Waals surface area contributed by atoms with Crippen molar-refractivity contribution < 1.29 is 18.4 Å². The van der Waals surface area contributed by atoms with Crippen LogP contribution < -0.4 is 5.32 Å². The highest BCUT2D eigenvalue weighted by Crippen LogP contribution is 2.35. The number of aryl methyl sites for hydroxylation is 1. The van der Waals surface area contributed by atoms with Gasteiger partial charge >= 0.3 is 0 Å². The first-order valence-corrected chi connectivity index (χ1v) is 8.60. The van der Waals surface area contributed by atoms with Crippen molar-refractivity contribution in [2.45, 2.75) is 25.7 Å². The summed E-state index contributed by atoms with van der Waals surface area (Å²) in [6.07, 6.45) is 0.0153. The molecule has 0 spiro atoms. The number of hydrogen-bond donors (Lipinski definition) is 1. The van der Waals surface area contributed by atoms with Crippen molar-refractivity contribution in [3.05, 3.63) is 76.1 Å². The molecule has 138 valence electrons. The largest absolute Gasteiger partial charge is 0.355 e. The van der Waals surface area contributed by atoms with Crippen molar-refractivity contribution in [1.29, 1.82) is 0 Å². The van der Waals surface area contributed by atoms with Gasteiger partial charge in [-0.1, -0.05) is 24.3 Å². The number of halogens is 2. The van der Waals surface area contributed by atoms with Crippen LogP contribution in [0.3, 0.4) is 0 Å². The Morgan fingerprint density at radius 3 is 2.44 bits per heavy atom. The number of carbonyl (C=O) groups is 2. The zero-order valence-corrected chi connectivity index (χ0v) is 14.8. The van der Waals surface area contributed by atoms with Gasteiger partial charge in [-0.2, -0.15) is 0 Å². The molecule has 0 saturated carbocycles. The SMILES string of the molecule is [C-]#[N+]c1ccc(CC(=O)C[C@@H]2C(=O)NC[C@H]2c2c(F)cc(C)cc2F)cc1. The Morgan fingerprint density at radius 2 is 1.85 bits per heavy atom. The van der Waals surface area contributed by atoms with Crippen LogP contribution >= 0.6 is 0 Å². The third-order valence-corrected chi connectivity index (χ3v) is 4.83. The second-order valence-corrected chi connectivity index (χ2v) is 6.80. The van der Waals surface area contributed by atoms with Gasteiger partial charge in [-0.05, 0) is 30.2 Å². The van der Waals surface area contributed by atoms with Gasteiger partial charge in [-0.3, -0.25) is 9.59 Å². The second kappa shape index (κ2) is 7.67. The van der Waals surface area contributed by atoms with Crippen LogP contribution in [0.5, 0.6) is 0 Å². The van der Waals surface area contributed by atoms with Crippen molar-refractivity contribution in [2.24, 2.45) is 5.92 Å². The van der Waals surface area contributed by atoms with Crippen molar-refractivity contribution in [1.82, 2.24) is 5.32 Å². The molecule has 1 fully saturated rings. The topological polar surface area (TPSA) is 50.5 Å². The lowest BCUT2D eigenvalue weighted by atomic mass is 9.83. The minimum atomic E-state index is -0.799. The summed E-state index contributed by atoms with van der Waals surface area (Å²) in [6.45, 7) is 8.63. The number of hydrogen-bond acceptors (Lipinski definition) is 2. The molecule has 1 heterocycles. The molecule has 27 heavy (non-hydrogen) atoms. The van der Waals surface area contributed by atoms with Crippen LogP contribution in [0.15, 0.2) is 36.4 Å². The lowest BCUT2D eigenvalue weighted by Gasteiger charge is -2.18. The number of Topliss-reactive ketones (excluding diaryl/α,β-unsaturated/α-hetero) is 1. The average molecular weight is 368 g/mol. The van der Waals surface area contributed by atoms with Crippen molar-refractivity contribution in [2.75, 3.05) is 6.54 Å². The molecular formula is C21H18F2N2O2. The summed E-state index contributed by atoms with van der Waals surface area (Å²) in [5.74, 6) is -3.46. The summed E-state index contributed by atoms with van der Waals surface area (Å²) < 4.78 is 28.7. The minimum Gasteiger partial charge on any atom is -0.355 e. The number of carbonyl (C=O) groups excluding carboxylic acids is 2. The molecule has 1 N–H and O–H groups in total. The van der Waals surface area contributed by atoms with E-state index in [1.807, 2.05) is 0 Å². The Balaban J connectivity index is 1.77. The fourth-order valence-corrected chi connectivity index (χ4v) is 3.50. The maximum absolute atomic E-state index is 14.3. The first-order chi connectivity index (χ1) is 12.9. The highest BCUT2D eigenvalue weighted by Gasteiger charge is 2.39. The third-order valence-electron chi connectivity index (χ3n) is 4.83. The van der Waals surface area contributed by atoms with Crippen LogP contribution in [0.4, 0.5) is 14.5 Å². The molecule has 6 heteroatoms. The van der Waals surface area contributed by atoms with E-state index in [1.165, 1.54) is 12.1 Å². The lowest BCUT2D eigenvalue weighted by molar-refractivity contribution is -0.127. The minimum absolute atomic E-state index is 0.0895. The predicted molar refractivity (Wildman–Crippen MR) is 96.4 cm³/mol. The Hall–Kier alpha value is -3.07. The molecule has 1 aliphatic heterocycles.